The van der Waals surface area contributed by atoms with Crippen molar-refractivity contribution in [3.63, 3.8) is 0 Å². The van der Waals surface area contributed by atoms with E-state index in [0.29, 0.717) is 18.6 Å². The molecular weight excluding hydrogens is 837 g/mol. The largest absolute Gasteiger partial charge is 0.506 e. The number of carbonyl (C=O) groups excluding carboxylic acids is 1. The Labute approximate surface area is 217 Å². The first-order valence-corrected chi connectivity index (χ1v) is 14.6. The number of halogens is 4. The Kier molecular flexibility index (Phi) is 9.14. The Morgan fingerprint density at radius 2 is 1.57 bits per heavy atom. The predicted molar refractivity (Wildman–Crippen MR) is 143 cm³/mol. The van der Waals surface area contributed by atoms with Gasteiger partial charge in [0.25, 0.3) is 0 Å². The lowest BCUT2D eigenvalue weighted by Crippen LogP contribution is -2.33. The van der Waals surface area contributed by atoms with E-state index < -0.39 is 19.4 Å². The van der Waals surface area contributed by atoms with E-state index in [1.54, 1.807) is 12.1 Å². The van der Waals surface area contributed by atoms with Gasteiger partial charge >= 0.3 is 5.97 Å². The third-order valence-corrected chi connectivity index (χ3v) is 7.20. The molecule has 0 heterocycles. The van der Waals surface area contributed by atoms with Crippen molar-refractivity contribution in [1.29, 1.82) is 0 Å². The van der Waals surface area contributed by atoms with Crippen LogP contribution in [0.2, 0.25) is 0 Å². The van der Waals surface area contributed by atoms with Crippen LogP contribution in [0, 0.1) is 14.3 Å². The minimum absolute atomic E-state index is 0.234. The van der Waals surface area contributed by atoms with Crippen molar-refractivity contribution < 1.29 is 23.7 Å². The van der Waals surface area contributed by atoms with E-state index in [4.69, 9.17) is 15.0 Å². The average molecular weight is 853 g/mol. The van der Waals surface area contributed by atoms with Crippen LogP contribution in [0.3, 0.4) is 0 Å². The van der Waals surface area contributed by atoms with E-state index in [-0.39, 0.29) is 12.2 Å². The highest BCUT2D eigenvalue weighted by atomic mass is 127. The number of benzene rings is 2. The number of aromatic hydroxyl groups is 1. The van der Waals surface area contributed by atoms with E-state index in [1.807, 2.05) is 12.1 Å². The molecule has 28 heavy (non-hydrogen) atoms. The SMILES string of the molecule is CP(C)(=O)OC(=O)[C@@H](N)Cc1cc(I)c(Oc2cc(I)c(O)c(I)c2)c(I)c1. The number of nitrogens with two attached hydrogens (primary N) is 1. The molecule has 0 radical (unpaired) electrons. The molecular formula is C17H16I4NO5P. The Morgan fingerprint density at radius 1 is 1.07 bits per heavy atom. The first kappa shape index (κ1) is 24.9. The molecule has 0 amide bonds. The van der Waals surface area contributed by atoms with E-state index in [9.17, 15) is 14.5 Å². The van der Waals surface area contributed by atoms with Crippen molar-refractivity contribution in [3.8, 4) is 17.2 Å². The van der Waals surface area contributed by atoms with Gasteiger partial charge in [0, 0.05) is 13.3 Å². The van der Waals surface area contributed by atoms with Crippen molar-refractivity contribution in [1.82, 2.24) is 0 Å². The number of phenolic OH excluding ortho intramolecular Hbond substituents is 1. The van der Waals surface area contributed by atoms with Crippen molar-refractivity contribution in [2.45, 2.75) is 12.5 Å². The van der Waals surface area contributed by atoms with Gasteiger partial charge in [0.2, 0.25) is 7.37 Å². The maximum absolute atomic E-state index is 12.0. The number of phenols is 1. The monoisotopic (exact) mass is 853 g/mol. The second kappa shape index (κ2) is 10.3. The van der Waals surface area contributed by atoms with E-state index in [0.717, 1.165) is 12.7 Å². The molecule has 2 aromatic rings. The van der Waals surface area contributed by atoms with Crippen LogP contribution >= 0.6 is 97.7 Å². The molecule has 2 aromatic carbocycles. The van der Waals surface area contributed by atoms with Gasteiger partial charge in [-0.2, -0.15) is 0 Å². The maximum atomic E-state index is 12.0. The molecule has 0 unspecified atom stereocenters. The van der Waals surface area contributed by atoms with Gasteiger partial charge in [0.05, 0.1) is 14.3 Å². The third-order valence-electron chi connectivity index (χ3n) is 3.34. The van der Waals surface area contributed by atoms with Crippen LogP contribution < -0.4 is 10.5 Å². The number of ether oxygens (including phenoxy) is 1. The minimum atomic E-state index is -2.93. The molecule has 0 saturated heterocycles. The molecule has 0 aliphatic rings. The van der Waals surface area contributed by atoms with Crippen molar-refractivity contribution >= 4 is 104 Å². The van der Waals surface area contributed by atoms with Crippen molar-refractivity contribution in [2.24, 2.45) is 5.73 Å². The van der Waals surface area contributed by atoms with Gasteiger partial charge < -0.3 is 20.1 Å². The Hall–Kier alpha value is 0.620. The summed E-state index contributed by atoms with van der Waals surface area (Å²) < 4.78 is 25.7. The molecule has 2 rings (SSSR count). The van der Waals surface area contributed by atoms with Crippen LogP contribution in [0.1, 0.15) is 5.56 Å². The Balaban J connectivity index is 2.21. The molecule has 0 aliphatic carbocycles. The van der Waals surface area contributed by atoms with Crippen LogP contribution in [0.25, 0.3) is 0 Å². The van der Waals surface area contributed by atoms with Gasteiger partial charge in [-0.25, -0.2) is 0 Å². The Morgan fingerprint density at radius 3 is 2.04 bits per heavy atom. The molecule has 11 heteroatoms. The summed E-state index contributed by atoms with van der Waals surface area (Å²) >= 11 is 8.43. The van der Waals surface area contributed by atoms with Gasteiger partial charge in [0.15, 0.2) is 5.75 Å². The third kappa shape index (κ3) is 7.10. The molecule has 0 aromatic heterocycles. The molecule has 1 atom stereocenters. The number of carbonyl (C=O) groups is 1. The zero-order chi connectivity index (χ0) is 21.2. The highest BCUT2D eigenvalue weighted by Gasteiger charge is 2.22. The van der Waals surface area contributed by atoms with Gasteiger partial charge in [0.1, 0.15) is 17.5 Å². The van der Waals surface area contributed by atoms with Crippen molar-refractivity contribution in [3.05, 3.63) is 44.1 Å². The highest BCUT2D eigenvalue weighted by molar-refractivity contribution is 14.1. The zero-order valence-corrected chi connectivity index (χ0v) is 24.2. The number of rotatable bonds is 6. The van der Waals surface area contributed by atoms with E-state index >= 15 is 0 Å². The second-order valence-electron chi connectivity index (χ2n) is 6.20. The topological polar surface area (TPSA) is 98.9 Å². The van der Waals surface area contributed by atoms with Gasteiger partial charge in [-0.15, -0.1) is 0 Å². The summed E-state index contributed by atoms with van der Waals surface area (Å²) in [7, 11) is -2.93. The quantitative estimate of drug-likeness (QED) is 0.293. The van der Waals surface area contributed by atoms with Crippen LogP contribution in [0.15, 0.2) is 24.3 Å². The van der Waals surface area contributed by atoms with E-state index in [1.165, 1.54) is 13.3 Å². The minimum Gasteiger partial charge on any atom is -0.506 e. The first-order chi connectivity index (χ1) is 12.9. The van der Waals surface area contributed by atoms with Crippen LogP contribution in [0.4, 0.5) is 0 Å². The van der Waals surface area contributed by atoms with Crippen LogP contribution in [-0.2, 0) is 20.3 Å². The predicted octanol–water partition coefficient (Wildman–Crippen LogP) is 5.55. The smallest absolute Gasteiger partial charge is 0.328 e. The summed E-state index contributed by atoms with van der Waals surface area (Å²) in [5.74, 6) is 0.868. The fraction of sp³-hybridized carbons (Fsp3) is 0.235. The molecule has 0 fully saturated rings. The van der Waals surface area contributed by atoms with Gasteiger partial charge in [-0.05, 0) is 127 Å². The lowest BCUT2D eigenvalue weighted by molar-refractivity contribution is -0.135. The summed E-state index contributed by atoms with van der Waals surface area (Å²) in [6.07, 6.45) is 0.264. The molecule has 0 spiro atoms. The van der Waals surface area contributed by atoms with Gasteiger partial charge in [-0.1, -0.05) is 0 Å². The normalized spacial score (nSPS) is 12.5. The zero-order valence-electron chi connectivity index (χ0n) is 14.7. The van der Waals surface area contributed by atoms with E-state index in [2.05, 4.69) is 90.4 Å². The molecule has 3 N–H and O–H groups in total. The first-order valence-electron chi connectivity index (χ1n) is 7.75. The lowest BCUT2D eigenvalue weighted by Gasteiger charge is -2.16. The Bertz CT molecular complexity index is 917. The van der Waals surface area contributed by atoms with Crippen LogP contribution in [-0.4, -0.2) is 30.4 Å². The summed E-state index contributed by atoms with van der Waals surface area (Å²) in [5, 5.41) is 9.90. The molecule has 6 nitrogen and oxygen atoms in total. The number of hydrogen-bond acceptors (Lipinski definition) is 6. The molecule has 152 valence electrons. The average Bonchev–Trinajstić information content (AvgIpc) is 2.54. The van der Waals surface area contributed by atoms with Crippen LogP contribution in [0.5, 0.6) is 17.2 Å². The summed E-state index contributed by atoms with van der Waals surface area (Å²) in [6.45, 7) is 2.75. The summed E-state index contributed by atoms with van der Waals surface area (Å²) in [5.41, 5.74) is 6.76. The van der Waals surface area contributed by atoms with Crippen molar-refractivity contribution in [2.75, 3.05) is 13.3 Å². The second-order valence-corrected chi connectivity index (χ2v) is 13.5. The summed E-state index contributed by atoms with van der Waals surface area (Å²) in [4.78, 5) is 12.0. The highest BCUT2D eigenvalue weighted by Crippen LogP contribution is 2.38. The lowest BCUT2D eigenvalue weighted by atomic mass is 10.1. The molecule has 0 saturated carbocycles. The maximum Gasteiger partial charge on any atom is 0.328 e. The summed E-state index contributed by atoms with van der Waals surface area (Å²) in [6, 6.07) is 6.40. The fourth-order valence-corrected chi connectivity index (χ4v) is 6.57. The van der Waals surface area contributed by atoms with Gasteiger partial charge in [-0.3, -0.25) is 9.36 Å². The number of hydrogen-bond donors (Lipinski definition) is 2. The fourth-order valence-electron chi connectivity index (χ4n) is 2.17. The molecule has 0 aliphatic heterocycles. The standard InChI is InChI=1S/C17H16I4NO5P/c1-28(2,25)27-17(24)14(22)5-8-3-12(20)16(13(21)4-8)26-9-6-10(18)15(23)11(19)7-9/h3-4,6-7,14,23H,5,22H2,1-2H3/t14-/m0/s1. The molecule has 0 bridgehead atoms.